The number of carbonyl (C=O) groups excluding carboxylic acids is 2. The topological polar surface area (TPSA) is 62.3 Å². The Labute approximate surface area is 207 Å². The lowest BCUT2D eigenvalue weighted by Gasteiger charge is -2.26. The second kappa shape index (κ2) is 11.2. The number of pyridine rings is 1. The van der Waals surface area contributed by atoms with Gasteiger partial charge in [0.25, 0.3) is 5.91 Å². The number of anilines is 1. The van der Waals surface area contributed by atoms with E-state index in [0.29, 0.717) is 32.6 Å². The molecule has 33 heavy (non-hydrogen) atoms. The third-order valence-corrected chi connectivity index (χ3v) is 6.82. The van der Waals surface area contributed by atoms with Crippen LogP contribution in [0.5, 0.6) is 0 Å². The lowest BCUT2D eigenvalue weighted by molar-refractivity contribution is 0.0992. The van der Waals surface area contributed by atoms with Crippen LogP contribution in [-0.4, -0.2) is 46.2 Å². The van der Waals surface area contributed by atoms with Crippen LogP contribution in [0.4, 0.5) is 5.82 Å². The first-order valence-corrected chi connectivity index (χ1v) is 12.5. The molecule has 1 N–H and O–H groups in total. The average molecular weight is 500 g/mol. The number of carbonyl (C=O) groups is 2. The number of Topliss-reactive ketones (excluding diaryl/α,β-unsaturated/α-hetero) is 1. The molecular weight excluding hydrogens is 477 g/mol. The minimum Gasteiger partial charge on any atom is -0.307 e. The fourth-order valence-corrected chi connectivity index (χ4v) is 4.90. The molecule has 1 aliphatic heterocycles. The molecule has 2 aromatic carbocycles. The Kier molecular flexibility index (Phi) is 8.04. The zero-order valence-corrected chi connectivity index (χ0v) is 20.2. The third kappa shape index (κ3) is 6.58. The quantitative estimate of drug-likeness (QED) is 0.427. The largest absolute Gasteiger partial charge is 0.307 e. The maximum absolute atomic E-state index is 13.0. The lowest BCUT2D eigenvalue weighted by atomic mass is 9.97. The second-order valence-corrected chi connectivity index (χ2v) is 9.90. The van der Waals surface area contributed by atoms with Gasteiger partial charge in [0, 0.05) is 59.9 Å². The molecular formula is C25H23Cl2N3O2S. The van der Waals surface area contributed by atoms with Gasteiger partial charge >= 0.3 is 0 Å². The molecule has 170 valence electrons. The first-order chi connectivity index (χ1) is 16.0. The summed E-state index contributed by atoms with van der Waals surface area (Å²) in [5.41, 5.74) is 2.76. The Morgan fingerprint density at radius 3 is 2.39 bits per heavy atom. The number of thioether (sulfide) groups is 1. The molecule has 1 fully saturated rings. The van der Waals surface area contributed by atoms with Gasteiger partial charge in [0.05, 0.1) is 5.02 Å². The molecule has 3 aromatic rings. The predicted molar refractivity (Wildman–Crippen MR) is 136 cm³/mol. The zero-order chi connectivity index (χ0) is 23.2. The van der Waals surface area contributed by atoms with Crippen molar-refractivity contribution in [3.8, 4) is 0 Å². The van der Waals surface area contributed by atoms with Crippen molar-refractivity contribution in [3.63, 3.8) is 0 Å². The average Bonchev–Trinajstić information content (AvgIpc) is 2.83. The molecule has 0 bridgehead atoms. The van der Waals surface area contributed by atoms with Gasteiger partial charge < -0.3 is 5.32 Å². The highest BCUT2D eigenvalue weighted by atomic mass is 35.5. The van der Waals surface area contributed by atoms with Crippen LogP contribution in [0.15, 0.2) is 60.8 Å². The van der Waals surface area contributed by atoms with Crippen LogP contribution < -0.4 is 5.32 Å². The molecule has 0 unspecified atom stereocenters. The number of aromatic nitrogens is 1. The van der Waals surface area contributed by atoms with Crippen LogP contribution in [0.3, 0.4) is 0 Å². The molecule has 0 saturated carbocycles. The molecule has 1 aromatic heterocycles. The molecule has 2 heterocycles. The summed E-state index contributed by atoms with van der Waals surface area (Å²) in [5.74, 6) is 2.26. The molecule has 4 rings (SSSR count). The van der Waals surface area contributed by atoms with Gasteiger partial charge in [0.15, 0.2) is 5.78 Å². The van der Waals surface area contributed by atoms with E-state index in [9.17, 15) is 9.59 Å². The van der Waals surface area contributed by atoms with E-state index in [0.717, 1.165) is 19.6 Å². The summed E-state index contributed by atoms with van der Waals surface area (Å²) < 4.78 is 0. The maximum atomic E-state index is 13.0. The number of hydrogen-bond acceptors (Lipinski definition) is 5. The standard InChI is InChI=1S/C25H23Cl2N3O2S/c26-20-6-5-19(22(14-20)25(32)29-24-8-7-21(27)15-28-24)13-23(31)18-3-1-17(2-4-18)16-30-9-11-33-12-10-30/h1-8,14-15H,9-13,16H2,(H,28,29,32). The number of amides is 1. The smallest absolute Gasteiger partial charge is 0.257 e. The van der Waals surface area contributed by atoms with E-state index in [1.165, 1.54) is 23.3 Å². The van der Waals surface area contributed by atoms with Gasteiger partial charge in [-0.2, -0.15) is 11.8 Å². The van der Waals surface area contributed by atoms with Crippen molar-refractivity contribution < 1.29 is 9.59 Å². The van der Waals surface area contributed by atoms with E-state index in [1.54, 1.807) is 30.3 Å². The van der Waals surface area contributed by atoms with Gasteiger partial charge in [0.2, 0.25) is 0 Å². The normalized spacial score (nSPS) is 14.1. The van der Waals surface area contributed by atoms with Crippen LogP contribution in [0.1, 0.15) is 31.8 Å². The van der Waals surface area contributed by atoms with Crippen molar-refractivity contribution in [2.24, 2.45) is 0 Å². The van der Waals surface area contributed by atoms with Gasteiger partial charge in [-0.25, -0.2) is 4.98 Å². The zero-order valence-electron chi connectivity index (χ0n) is 17.9. The van der Waals surface area contributed by atoms with Gasteiger partial charge in [-0.15, -0.1) is 0 Å². The third-order valence-electron chi connectivity index (χ3n) is 5.42. The van der Waals surface area contributed by atoms with Crippen LogP contribution in [0.2, 0.25) is 10.0 Å². The predicted octanol–water partition coefficient (Wildman–Crippen LogP) is 5.61. The summed E-state index contributed by atoms with van der Waals surface area (Å²) in [6.45, 7) is 3.09. The van der Waals surface area contributed by atoms with Gasteiger partial charge in [-0.3, -0.25) is 14.5 Å². The lowest BCUT2D eigenvalue weighted by Crippen LogP contribution is -2.31. The van der Waals surface area contributed by atoms with Crippen LogP contribution in [0.25, 0.3) is 0 Å². The summed E-state index contributed by atoms with van der Waals surface area (Å²) in [4.78, 5) is 32.3. The molecule has 0 aliphatic carbocycles. The summed E-state index contributed by atoms with van der Waals surface area (Å²) in [7, 11) is 0. The molecule has 1 amide bonds. The number of hydrogen-bond donors (Lipinski definition) is 1. The minimum atomic E-state index is -0.384. The number of halogens is 2. The molecule has 8 heteroatoms. The number of nitrogens with zero attached hydrogens (tertiary/aromatic N) is 2. The Morgan fingerprint density at radius 1 is 0.970 bits per heavy atom. The highest BCUT2D eigenvalue weighted by Crippen LogP contribution is 2.21. The first kappa shape index (κ1) is 23.8. The number of nitrogens with one attached hydrogen (secondary N) is 1. The van der Waals surface area contributed by atoms with Crippen molar-refractivity contribution in [3.05, 3.63) is 93.1 Å². The monoisotopic (exact) mass is 499 g/mol. The summed E-state index contributed by atoms with van der Waals surface area (Å²) in [6, 6.07) is 16.0. The van der Waals surface area contributed by atoms with Crippen molar-refractivity contribution in [2.75, 3.05) is 29.9 Å². The second-order valence-electron chi connectivity index (χ2n) is 7.80. The molecule has 5 nitrogen and oxygen atoms in total. The van der Waals surface area contributed by atoms with Crippen LogP contribution in [-0.2, 0) is 13.0 Å². The van der Waals surface area contributed by atoms with Gasteiger partial charge in [-0.1, -0.05) is 53.5 Å². The van der Waals surface area contributed by atoms with Crippen molar-refractivity contribution >= 4 is 52.5 Å². The van der Waals surface area contributed by atoms with Crippen molar-refractivity contribution in [1.29, 1.82) is 0 Å². The van der Waals surface area contributed by atoms with Gasteiger partial charge in [-0.05, 0) is 35.4 Å². The van der Waals surface area contributed by atoms with Crippen molar-refractivity contribution in [2.45, 2.75) is 13.0 Å². The number of benzene rings is 2. The molecule has 0 atom stereocenters. The fraction of sp³-hybridized carbons (Fsp3) is 0.240. The summed E-state index contributed by atoms with van der Waals surface area (Å²) >= 11 is 14.0. The van der Waals surface area contributed by atoms with Crippen LogP contribution in [0, 0.1) is 0 Å². The van der Waals surface area contributed by atoms with E-state index < -0.39 is 0 Å². The Hall–Kier alpha value is -2.38. The minimum absolute atomic E-state index is 0.0584. The molecule has 0 radical (unpaired) electrons. The highest BCUT2D eigenvalue weighted by Gasteiger charge is 2.17. The summed E-state index contributed by atoms with van der Waals surface area (Å²) in [5, 5.41) is 3.62. The Morgan fingerprint density at radius 2 is 1.70 bits per heavy atom. The van der Waals surface area contributed by atoms with Crippen LogP contribution >= 0.6 is 35.0 Å². The number of rotatable bonds is 7. The molecule has 0 spiro atoms. The summed E-state index contributed by atoms with van der Waals surface area (Å²) in [6.07, 6.45) is 1.55. The van der Waals surface area contributed by atoms with Gasteiger partial charge in [0.1, 0.15) is 5.82 Å². The van der Waals surface area contributed by atoms with E-state index in [2.05, 4.69) is 15.2 Å². The fourth-order valence-electron chi connectivity index (χ4n) is 3.64. The molecule has 1 saturated heterocycles. The number of ketones is 1. The Bertz CT molecular complexity index is 1130. The highest BCUT2D eigenvalue weighted by molar-refractivity contribution is 7.99. The van der Waals surface area contributed by atoms with E-state index >= 15 is 0 Å². The van der Waals surface area contributed by atoms with Crippen molar-refractivity contribution in [1.82, 2.24) is 9.88 Å². The first-order valence-electron chi connectivity index (χ1n) is 10.6. The van der Waals surface area contributed by atoms with E-state index in [4.69, 9.17) is 23.2 Å². The SMILES string of the molecule is O=C(Cc1ccc(Cl)cc1C(=O)Nc1ccc(Cl)cn1)c1ccc(CN2CCSCC2)cc1. The van der Waals surface area contributed by atoms with E-state index in [1.807, 2.05) is 36.0 Å². The molecule has 1 aliphatic rings. The maximum Gasteiger partial charge on any atom is 0.257 e. The Balaban J connectivity index is 1.45. The van der Waals surface area contributed by atoms with E-state index in [-0.39, 0.29) is 18.1 Å².